The van der Waals surface area contributed by atoms with Gasteiger partial charge in [0.05, 0.1) is 17.7 Å². The Morgan fingerprint density at radius 2 is 1.74 bits per heavy atom. The maximum absolute atomic E-state index is 12.9. The molecular formula is C17H12F3NO2. The number of amides is 1. The predicted octanol–water partition coefficient (Wildman–Crippen LogP) is 4.38. The van der Waals surface area contributed by atoms with E-state index in [9.17, 15) is 18.0 Å². The maximum atomic E-state index is 12.9. The third-order valence-corrected chi connectivity index (χ3v) is 3.38. The van der Waals surface area contributed by atoms with Gasteiger partial charge in [-0.25, -0.2) is 0 Å². The number of carbonyl (C=O) groups is 1. The second-order valence-corrected chi connectivity index (χ2v) is 4.98. The van der Waals surface area contributed by atoms with E-state index < -0.39 is 23.2 Å². The van der Waals surface area contributed by atoms with E-state index in [1.165, 1.54) is 12.1 Å². The van der Waals surface area contributed by atoms with E-state index in [1.54, 1.807) is 12.1 Å². The molecule has 0 atom stereocenters. The topological polar surface area (TPSA) is 42.2 Å². The van der Waals surface area contributed by atoms with Gasteiger partial charge in [0.2, 0.25) is 0 Å². The summed E-state index contributed by atoms with van der Waals surface area (Å²) in [6.45, 7) is 0.0136. The van der Waals surface area contributed by atoms with Gasteiger partial charge in [0.25, 0.3) is 5.91 Å². The van der Waals surface area contributed by atoms with Crippen LogP contribution in [0.4, 0.5) is 13.2 Å². The lowest BCUT2D eigenvalue weighted by atomic mass is 10.1. The van der Waals surface area contributed by atoms with Crippen molar-refractivity contribution in [2.24, 2.45) is 0 Å². The van der Waals surface area contributed by atoms with Crippen molar-refractivity contribution in [2.75, 3.05) is 0 Å². The summed E-state index contributed by atoms with van der Waals surface area (Å²) < 4.78 is 44.3. The molecule has 0 bridgehead atoms. The highest BCUT2D eigenvalue weighted by Crippen LogP contribution is 2.31. The lowest BCUT2D eigenvalue weighted by molar-refractivity contribution is -0.137. The van der Waals surface area contributed by atoms with Gasteiger partial charge in [0, 0.05) is 5.39 Å². The molecule has 0 saturated heterocycles. The number of alkyl halides is 3. The van der Waals surface area contributed by atoms with Crippen LogP contribution in [0.5, 0.6) is 0 Å². The fourth-order valence-electron chi connectivity index (χ4n) is 2.31. The summed E-state index contributed by atoms with van der Waals surface area (Å²) in [7, 11) is 0. The van der Waals surface area contributed by atoms with E-state index >= 15 is 0 Å². The van der Waals surface area contributed by atoms with Crippen LogP contribution in [0.25, 0.3) is 11.0 Å². The van der Waals surface area contributed by atoms with Crippen molar-refractivity contribution in [1.82, 2.24) is 5.32 Å². The maximum Gasteiger partial charge on any atom is 0.417 e. The molecule has 1 amide bonds. The van der Waals surface area contributed by atoms with Gasteiger partial charge in [-0.1, -0.05) is 30.3 Å². The smallest absolute Gasteiger partial charge is 0.417 e. The Balaban J connectivity index is 1.77. The average molecular weight is 319 g/mol. The Hall–Kier alpha value is -2.76. The van der Waals surface area contributed by atoms with Gasteiger partial charge in [-0.3, -0.25) is 4.79 Å². The molecule has 23 heavy (non-hydrogen) atoms. The molecule has 0 radical (unpaired) electrons. The molecular weight excluding hydrogens is 307 g/mol. The van der Waals surface area contributed by atoms with E-state index in [4.69, 9.17) is 4.42 Å². The van der Waals surface area contributed by atoms with E-state index in [2.05, 4.69) is 5.32 Å². The van der Waals surface area contributed by atoms with Crippen LogP contribution < -0.4 is 5.32 Å². The van der Waals surface area contributed by atoms with Crippen molar-refractivity contribution >= 4 is 16.9 Å². The minimum atomic E-state index is -4.58. The Morgan fingerprint density at radius 3 is 2.48 bits per heavy atom. The van der Waals surface area contributed by atoms with E-state index in [-0.39, 0.29) is 6.54 Å². The first-order chi connectivity index (χ1) is 10.9. The number of halogens is 3. The Morgan fingerprint density at radius 1 is 1.04 bits per heavy atom. The van der Waals surface area contributed by atoms with E-state index in [0.29, 0.717) is 11.3 Å². The van der Waals surface area contributed by atoms with Gasteiger partial charge in [-0.05, 0) is 24.3 Å². The molecule has 3 rings (SSSR count). The number of para-hydroxylation sites is 1. The summed E-state index contributed by atoms with van der Waals surface area (Å²) in [5.41, 5.74) is -0.703. The Kier molecular flexibility index (Phi) is 3.82. The van der Waals surface area contributed by atoms with Crippen LogP contribution in [0.1, 0.15) is 21.7 Å². The number of hydrogen-bond acceptors (Lipinski definition) is 2. The number of nitrogens with one attached hydrogen (secondary N) is 1. The normalized spacial score (nSPS) is 11.6. The third-order valence-electron chi connectivity index (χ3n) is 3.38. The van der Waals surface area contributed by atoms with Crippen LogP contribution >= 0.6 is 0 Å². The SMILES string of the molecule is O=C(NCc1cc2ccccc2o1)c1ccccc1C(F)(F)F. The van der Waals surface area contributed by atoms with Crippen LogP contribution in [0.15, 0.2) is 59.0 Å². The molecule has 0 unspecified atom stereocenters. The van der Waals surface area contributed by atoms with Gasteiger partial charge in [0.1, 0.15) is 11.3 Å². The summed E-state index contributed by atoms with van der Waals surface area (Å²) in [5.74, 6) is -0.317. The molecule has 3 aromatic rings. The molecule has 1 N–H and O–H groups in total. The number of rotatable bonds is 3. The average Bonchev–Trinajstić information content (AvgIpc) is 2.94. The number of fused-ring (bicyclic) bond motifs is 1. The molecule has 3 nitrogen and oxygen atoms in total. The van der Waals surface area contributed by atoms with Crippen molar-refractivity contribution in [3.63, 3.8) is 0 Å². The van der Waals surface area contributed by atoms with E-state index in [0.717, 1.165) is 17.5 Å². The van der Waals surface area contributed by atoms with Crippen molar-refractivity contribution in [2.45, 2.75) is 12.7 Å². The van der Waals surface area contributed by atoms with Gasteiger partial charge in [0.15, 0.2) is 0 Å². The zero-order valence-corrected chi connectivity index (χ0v) is 11.9. The van der Waals surface area contributed by atoms with Crippen molar-refractivity contribution in [1.29, 1.82) is 0 Å². The van der Waals surface area contributed by atoms with Crippen LogP contribution in [-0.4, -0.2) is 5.91 Å². The molecule has 1 aromatic heterocycles. The predicted molar refractivity (Wildman–Crippen MR) is 78.8 cm³/mol. The monoisotopic (exact) mass is 319 g/mol. The van der Waals surface area contributed by atoms with Gasteiger partial charge in [-0.15, -0.1) is 0 Å². The minimum Gasteiger partial charge on any atom is -0.459 e. The fraction of sp³-hybridized carbons (Fsp3) is 0.118. The molecule has 0 spiro atoms. The fourth-order valence-corrected chi connectivity index (χ4v) is 2.31. The highest BCUT2D eigenvalue weighted by atomic mass is 19.4. The van der Waals surface area contributed by atoms with Crippen LogP contribution in [0.2, 0.25) is 0 Å². The quantitative estimate of drug-likeness (QED) is 0.778. The number of carbonyl (C=O) groups excluding carboxylic acids is 1. The molecule has 0 aliphatic carbocycles. The summed E-state index contributed by atoms with van der Waals surface area (Å²) in [5, 5.41) is 3.32. The molecule has 0 aliphatic heterocycles. The van der Waals surface area contributed by atoms with Crippen molar-refractivity contribution in [3.05, 3.63) is 71.5 Å². The van der Waals surface area contributed by atoms with Crippen LogP contribution in [0, 0.1) is 0 Å². The molecule has 2 aromatic carbocycles. The summed E-state index contributed by atoms with van der Waals surface area (Å²) in [6, 6.07) is 13.7. The number of benzene rings is 2. The second kappa shape index (κ2) is 5.79. The zero-order valence-electron chi connectivity index (χ0n) is 11.9. The third kappa shape index (κ3) is 3.21. The highest BCUT2D eigenvalue weighted by molar-refractivity contribution is 5.95. The first kappa shape index (κ1) is 15.1. The first-order valence-electron chi connectivity index (χ1n) is 6.87. The largest absolute Gasteiger partial charge is 0.459 e. The van der Waals surface area contributed by atoms with Crippen molar-refractivity contribution in [3.8, 4) is 0 Å². The summed E-state index contributed by atoms with van der Waals surface area (Å²) in [6.07, 6.45) is -4.58. The molecule has 0 saturated carbocycles. The van der Waals surface area contributed by atoms with Gasteiger partial charge in [-0.2, -0.15) is 13.2 Å². The zero-order chi connectivity index (χ0) is 16.4. The summed E-state index contributed by atoms with van der Waals surface area (Å²) >= 11 is 0. The molecule has 1 heterocycles. The molecule has 6 heteroatoms. The standard InChI is InChI=1S/C17H12F3NO2/c18-17(19,20)14-7-3-2-6-13(14)16(22)21-10-12-9-11-5-1-4-8-15(11)23-12/h1-9H,10H2,(H,21,22). The van der Waals surface area contributed by atoms with Crippen LogP contribution in [0.3, 0.4) is 0 Å². The van der Waals surface area contributed by atoms with E-state index in [1.807, 2.05) is 18.2 Å². The lowest BCUT2D eigenvalue weighted by Gasteiger charge is -2.12. The number of hydrogen-bond donors (Lipinski definition) is 1. The molecule has 0 aliphatic rings. The highest BCUT2D eigenvalue weighted by Gasteiger charge is 2.34. The van der Waals surface area contributed by atoms with Gasteiger partial charge < -0.3 is 9.73 Å². The second-order valence-electron chi connectivity index (χ2n) is 4.98. The van der Waals surface area contributed by atoms with Crippen molar-refractivity contribution < 1.29 is 22.4 Å². The van der Waals surface area contributed by atoms with Gasteiger partial charge >= 0.3 is 6.18 Å². The Labute approximate surface area is 129 Å². The van der Waals surface area contributed by atoms with Crippen LogP contribution in [-0.2, 0) is 12.7 Å². The summed E-state index contributed by atoms with van der Waals surface area (Å²) in [4.78, 5) is 12.0. The molecule has 0 fully saturated rings. The molecule has 118 valence electrons. The minimum absolute atomic E-state index is 0.0136. The lowest BCUT2D eigenvalue weighted by Crippen LogP contribution is -2.25. The first-order valence-corrected chi connectivity index (χ1v) is 6.87. The number of furan rings is 1. The Bertz CT molecular complexity index is 819.